The van der Waals surface area contributed by atoms with Gasteiger partial charge in [-0.25, -0.2) is 28.1 Å². The van der Waals surface area contributed by atoms with Crippen LogP contribution in [0.3, 0.4) is 0 Å². The van der Waals surface area contributed by atoms with Gasteiger partial charge in [0.25, 0.3) is 0 Å². The van der Waals surface area contributed by atoms with Gasteiger partial charge in [-0.2, -0.15) is 0 Å². The van der Waals surface area contributed by atoms with Gasteiger partial charge in [-0.15, -0.1) is 0 Å². The minimum Gasteiger partial charge on any atom is -0.465 e. The molecular weight excluding hydrogens is 550 g/mol. The summed E-state index contributed by atoms with van der Waals surface area (Å²) in [5.74, 6) is 1.39. The molecular formula is C29H39N3O10. The highest BCUT2D eigenvalue weighted by molar-refractivity contribution is 5.69. The molecule has 1 aromatic rings. The first-order valence-electron chi connectivity index (χ1n) is 15.5. The highest BCUT2D eigenvalue weighted by atomic mass is 16.6. The summed E-state index contributed by atoms with van der Waals surface area (Å²) in [5.41, 5.74) is -2.58. The molecule has 42 heavy (non-hydrogen) atoms. The topological polar surface area (TPSA) is 161 Å². The van der Waals surface area contributed by atoms with E-state index in [0.717, 1.165) is 45.8 Å². The molecule has 7 fully saturated rings. The number of carbonyl (C=O) groups is 2. The predicted molar refractivity (Wildman–Crippen MR) is 143 cm³/mol. The normalized spacial score (nSPS) is 36.1. The standard InChI is InChI=1S/C29H39N3O10/c33-8-7-32-27(37)30(5-1-3-22(34)39-14-18-9-16-11-20(18)25-24(16)41-25)26(36)31(28(32)38)6-2-4-23(35)40-15-19-10-17-12-29(19)13-21(17)42-29/h16-21,24-25,33H,1-15H2. The summed E-state index contributed by atoms with van der Waals surface area (Å²) >= 11 is 0. The van der Waals surface area contributed by atoms with Crippen molar-refractivity contribution in [2.75, 3.05) is 19.8 Å². The van der Waals surface area contributed by atoms with Crippen molar-refractivity contribution >= 4 is 11.9 Å². The molecule has 13 nitrogen and oxygen atoms in total. The number of rotatable bonds is 14. The van der Waals surface area contributed by atoms with E-state index in [1.54, 1.807) is 0 Å². The Balaban J connectivity index is 0.907. The first-order chi connectivity index (χ1) is 20.3. The monoisotopic (exact) mass is 589 g/mol. The quantitative estimate of drug-likeness (QED) is 0.227. The Labute approximate surface area is 241 Å². The number of hydrogen-bond acceptors (Lipinski definition) is 10. The van der Waals surface area contributed by atoms with Crippen molar-refractivity contribution in [2.45, 2.75) is 101 Å². The van der Waals surface area contributed by atoms with Crippen LogP contribution in [0.2, 0.25) is 0 Å². The van der Waals surface area contributed by atoms with E-state index in [9.17, 15) is 29.1 Å². The number of epoxide rings is 1. The SMILES string of the molecule is O=C(CCCn1c(=O)n(CCO)c(=O)n(CCCC(=O)OCC2CC3CC24CC3O4)c1=O)OCC1CC2CC1C1OC21. The van der Waals surface area contributed by atoms with Crippen molar-refractivity contribution in [1.82, 2.24) is 13.7 Å². The Hall–Kier alpha value is -2.77. The zero-order valence-corrected chi connectivity index (χ0v) is 23.7. The number of carbonyl (C=O) groups excluding carboxylic acids is 2. The molecule has 9 unspecified atom stereocenters. The van der Waals surface area contributed by atoms with E-state index in [2.05, 4.69) is 0 Å². The zero-order valence-electron chi connectivity index (χ0n) is 23.7. The van der Waals surface area contributed by atoms with Crippen LogP contribution >= 0.6 is 0 Å². The van der Waals surface area contributed by atoms with Crippen molar-refractivity contribution in [2.24, 2.45) is 29.6 Å². The number of aromatic nitrogens is 3. The van der Waals surface area contributed by atoms with Crippen LogP contribution < -0.4 is 17.1 Å². The van der Waals surface area contributed by atoms with Crippen molar-refractivity contribution in [3.05, 3.63) is 31.5 Å². The molecule has 1 spiro atoms. The number of aliphatic hydroxyl groups excluding tert-OH is 1. The maximum absolute atomic E-state index is 13.1. The van der Waals surface area contributed by atoms with Crippen LogP contribution in [0.25, 0.3) is 0 Å². The predicted octanol–water partition coefficient (Wildman–Crippen LogP) is -0.198. The number of hydrogen-bond donors (Lipinski definition) is 1. The van der Waals surface area contributed by atoms with Gasteiger partial charge in [0.15, 0.2) is 0 Å². The van der Waals surface area contributed by atoms with Crippen molar-refractivity contribution in [1.29, 1.82) is 0 Å². The van der Waals surface area contributed by atoms with Gasteiger partial charge < -0.3 is 24.1 Å². The fourth-order valence-electron chi connectivity index (χ4n) is 8.65. The summed E-state index contributed by atoms with van der Waals surface area (Å²) in [6, 6.07) is 0. The third kappa shape index (κ3) is 4.77. The maximum Gasteiger partial charge on any atom is 0.336 e. The van der Waals surface area contributed by atoms with Gasteiger partial charge in [0, 0.05) is 38.3 Å². The molecule has 4 saturated carbocycles. The second kappa shape index (κ2) is 10.7. The molecule has 4 heterocycles. The first-order valence-corrected chi connectivity index (χ1v) is 15.5. The summed E-state index contributed by atoms with van der Waals surface area (Å²) in [5, 5.41) is 9.40. The number of ether oxygens (including phenoxy) is 4. The summed E-state index contributed by atoms with van der Waals surface area (Å²) in [6.07, 6.45) is 6.83. The van der Waals surface area contributed by atoms with Crippen molar-refractivity contribution < 1.29 is 33.6 Å². The Morgan fingerprint density at radius 3 is 1.95 bits per heavy atom. The molecule has 5 bridgehead atoms. The third-order valence-electron chi connectivity index (χ3n) is 10.8. The van der Waals surface area contributed by atoms with Gasteiger partial charge in [-0.3, -0.25) is 9.59 Å². The Morgan fingerprint density at radius 2 is 1.43 bits per heavy atom. The number of fused-ring (bicyclic) bond motifs is 5. The fraction of sp³-hybridized carbons (Fsp3) is 0.828. The zero-order chi connectivity index (χ0) is 29.2. The largest absolute Gasteiger partial charge is 0.465 e. The lowest BCUT2D eigenvalue weighted by Gasteiger charge is -2.47. The molecule has 0 amide bonds. The van der Waals surface area contributed by atoms with E-state index in [0.29, 0.717) is 55.2 Å². The Morgan fingerprint density at radius 1 is 0.810 bits per heavy atom. The maximum atomic E-state index is 13.1. The molecule has 1 aromatic heterocycles. The number of aliphatic hydroxyl groups is 1. The highest BCUT2D eigenvalue weighted by Gasteiger charge is 2.67. The lowest BCUT2D eigenvalue weighted by Crippen LogP contribution is -2.55. The average Bonchev–Trinajstić information content (AvgIpc) is 3.29. The second-order valence-corrected chi connectivity index (χ2v) is 13.1. The molecule has 0 radical (unpaired) electrons. The molecule has 0 aromatic carbocycles. The average molecular weight is 590 g/mol. The van der Waals surface area contributed by atoms with Gasteiger partial charge in [0.1, 0.15) is 0 Å². The lowest BCUT2D eigenvalue weighted by molar-refractivity contribution is -0.218. The number of nitrogens with zero attached hydrogens (tertiary/aromatic N) is 3. The highest BCUT2D eigenvalue weighted by Crippen LogP contribution is 2.63. The minimum absolute atomic E-state index is 0.0135. The van der Waals surface area contributed by atoms with Gasteiger partial charge in [-0.05, 0) is 62.2 Å². The Bertz CT molecular complexity index is 1420. The summed E-state index contributed by atoms with van der Waals surface area (Å²) in [4.78, 5) is 63.7. The van der Waals surface area contributed by atoms with E-state index in [-0.39, 0.29) is 56.8 Å². The fourth-order valence-corrected chi connectivity index (χ4v) is 8.65. The summed E-state index contributed by atoms with van der Waals surface area (Å²) in [6.45, 7) is -0.232. The second-order valence-electron chi connectivity index (χ2n) is 13.1. The first kappa shape index (κ1) is 28.0. The molecule has 13 heteroatoms. The molecule has 3 saturated heterocycles. The minimum atomic E-state index is -0.839. The van der Waals surface area contributed by atoms with Crippen LogP contribution in [0, 0.1) is 29.6 Å². The molecule has 3 aliphatic heterocycles. The van der Waals surface area contributed by atoms with Gasteiger partial charge in [0.05, 0.1) is 50.3 Å². The van der Waals surface area contributed by atoms with Crippen molar-refractivity contribution in [3.63, 3.8) is 0 Å². The lowest BCUT2D eigenvalue weighted by atomic mass is 9.79. The van der Waals surface area contributed by atoms with E-state index in [1.165, 1.54) is 0 Å². The van der Waals surface area contributed by atoms with Crippen LogP contribution in [0.1, 0.15) is 57.8 Å². The molecule has 8 rings (SSSR count). The van der Waals surface area contributed by atoms with Crippen LogP contribution in [0.5, 0.6) is 0 Å². The van der Waals surface area contributed by atoms with E-state index >= 15 is 0 Å². The van der Waals surface area contributed by atoms with Crippen molar-refractivity contribution in [3.8, 4) is 0 Å². The van der Waals surface area contributed by atoms with Crippen LogP contribution in [-0.4, -0.2) is 74.5 Å². The van der Waals surface area contributed by atoms with E-state index in [1.807, 2.05) is 0 Å². The molecule has 7 aliphatic rings. The molecule has 4 aliphatic carbocycles. The summed E-state index contributed by atoms with van der Waals surface area (Å²) < 4.78 is 25.2. The number of esters is 2. The van der Waals surface area contributed by atoms with Gasteiger partial charge in [0.2, 0.25) is 0 Å². The Kier molecular flexibility index (Phi) is 7.17. The van der Waals surface area contributed by atoms with Gasteiger partial charge in [-0.1, -0.05) is 0 Å². The van der Waals surface area contributed by atoms with Crippen LogP contribution in [0.15, 0.2) is 14.4 Å². The van der Waals surface area contributed by atoms with E-state index in [4.69, 9.17) is 18.9 Å². The molecule has 230 valence electrons. The van der Waals surface area contributed by atoms with Crippen LogP contribution in [0.4, 0.5) is 0 Å². The smallest absolute Gasteiger partial charge is 0.336 e. The van der Waals surface area contributed by atoms with Crippen LogP contribution in [-0.2, 0) is 48.2 Å². The summed E-state index contributed by atoms with van der Waals surface area (Å²) in [7, 11) is 0. The van der Waals surface area contributed by atoms with E-state index < -0.39 is 35.6 Å². The molecule has 9 atom stereocenters. The van der Waals surface area contributed by atoms with Gasteiger partial charge >= 0.3 is 29.0 Å². The molecule has 1 N–H and O–H groups in total. The third-order valence-corrected chi connectivity index (χ3v) is 10.8.